The van der Waals surface area contributed by atoms with Crippen molar-refractivity contribution in [3.05, 3.63) is 39.9 Å². The van der Waals surface area contributed by atoms with Gasteiger partial charge in [0.1, 0.15) is 0 Å². The molecule has 1 unspecified atom stereocenters. The largest absolute Gasteiger partial charge is 0.269 e. The molecule has 0 spiro atoms. The first-order chi connectivity index (χ1) is 7.72. The van der Waals surface area contributed by atoms with Gasteiger partial charge in [-0.25, -0.2) is 0 Å². The van der Waals surface area contributed by atoms with E-state index in [-0.39, 0.29) is 19.4 Å². The van der Waals surface area contributed by atoms with Gasteiger partial charge in [0.25, 0.3) is 5.69 Å². The van der Waals surface area contributed by atoms with Crippen molar-refractivity contribution in [2.24, 2.45) is 0 Å². The fourth-order valence-corrected chi connectivity index (χ4v) is 2.61. The van der Waals surface area contributed by atoms with Gasteiger partial charge >= 0.3 is 0 Å². The molecule has 0 aromatic heterocycles. The van der Waals surface area contributed by atoms with Crippen molar-refractivity contribution in [2.45, 2.75) is 43.0 Å². The van der Waals surface area contributed by atoms with Crippen LogP contribution in [0.1, 0.15) is 39.7 Å². The van der Waals surface area contributed by atoms with E-state index in [0.29, 0.717) is 0 Å². The van der Waals surface area contributed by atoms with Crippen LogP contribution in [0.4, 0.5) is 5.69 Å². The molecular formula is C13H18INO2. The highest BCUT2D eigenvalue weighted by Gasteiger charge is 2.39. The van der Waals surface area contributed by atoms with Crippen LogP contribution in [0.25, 0.3) is 0 Å². The lowest BCUT2D eigenvalue weighted by Gasteiger charge is -2.40. The van der Waals surface area contributed by atoms with Crippen molar-refractivity contribution in [1.82, 2.24) is 0 Å². The van der Waals surface area contributed by atoms with Crippen molar-refractivity contribution in [1.29, 1.82) is 0 Å². The number of hydrogen-bond acceptors (Lipinski definition) is 2. The van der Waals surface area contributed by atoms with Crippen molar-refractivity contribution in [2.75, 3.05) is 0 Å². The van der Waals surface area contributed by atoms with Crippen molar-refractivity contribution < 1.29 is 4.92 Å². The zero-order chi connectivity index (χ0) is 13.3. The predicted octanol–water partition coefficient (Wildman–Crippen LogP) is 4.48. The molecule has 0 amide bonds. The number of halogens is 1. The van der Waals surface area contributed by atoms with E-state index in [1.807, 2.05) is 12.1 Å². The summed E-state index contributed by atoms with van der Waals surface area (Å²) in [5, 5.41) is 10.6. The molecule has 1 rings (SSSR count). The van der Waals surface area contributed by atoms with Gasteiger partial charge in [0, 0.05) is 21.0 Å². The molecule has 0 heterocycles. The Labute approximate surface area is 116 Å². The normalized spacial score (nSPS) is 15.4. The molecule has 4 heteroatoms. The second-order valence-corrected chi connectivity index (χ2v) is 7.66. The van der Waals surface area contributed by atoms with Gasteiger partial charge in [0.05, 0.1) is 4.92 Å². The number of rotatable bonds is 4. The Morgan fingerprint density at radius 3 is 2.00 bits per heavy atom. The van der Waals surface area contributed by atoms with Crippen LogP contribution in [-0.2, 0) is 5.41 Å². The lowest BCUT2D eigenvalue weighted by molar-refractivity contribution is -0.384. The first-order valence-corrected chi connectivity index (χ1v) is 6.74. The van der Waals surface area contributed by atoms with Gasteiger partial charge in [-0.05, 0) is 25.8 Å². The number of alkyl halides is 1. The van der Waals surface area contributed by atoms with Crippen molar-refractivity contribution >= 4 is 28.3 Å². The number of non-ortho nitro benzene ring substituents is 1. The molecule has 1 aromatic carbocycles. The van der Waals surface area contributed by atoms with Crippen LogP contribution < -0.4 is 0 Å². The number of nitro groups is 1. The van der Waals surface area contributed by atoms with Crippen LogP contribution >= 0.6 is 22.6 Å². The van der Waals surface area contributed by atoms with Gasteiger partial charge in [-0.15, -0.1) is 0 Å². The summed E-state index contributed by atoms with van der Waals surface area (Å²) in [7, 11) is 0. The van der Waals surface area contributed by atoms with Crippen LogP contribution in [0.15, 0.2) is 24.3 Å². The van der Waals surface area contributed by atoms with Crippen LogP contribution in [0.2, 0.25) is 0 Å². The molecule has 0 bridgehead atoms. The average molecular weight is 347 g/mol. The van der Waals surface area contributed by atoms with Crippen molar-refractivity contribution in [3.63, 3.8) is 0 Å². The predicted molar refractivity (Wildman–Crippen MR) is 78.8 cm³/mol. The van der Waals surface area contributed by atoms with Gasteiger partial charge in [0.15, 0.2) is 0 Å². The highest BCUT2D eigenvalue weighted by atomic mass is 127. The maximum atomic E-state index is 10.6. The number of nitro benzene ring substituents is 1. The third-order valence-corrected chi connectivity index (χ3v) is 4.92. The standard InChI is InChI=1S/C13H18INO2/c1-5-13(4,12(2,3)14)10-6-8-11(9-7-10)15(16)17/h6-9H,5H2,1-4H3. The van der Waals surface area contributed by atoms with Crippen molar-refractivity contribution in [3.8, 4) is 0 Å². The highest BCUT2D eigenvalue weighted by Crippen LogP contribution is 2.44. The molecule has 0 saturated heterocycles. The second kappa shape index (κ2) is 4.92. The summed E-state index contributed by atoms with van der Waals surface area (Å²) in [6.45, 7) is 8.75. The molecule has 94 valence electrons. The fraction of sp³-hybridized carbons (Fsp3) is 0.538. The Hall–Kier alpha value is -0.650. The van der Waals surface area contributed by atoms with E-state index in [4.69, 9.17) is 0 Å². The SMILES string of the molecule is CCC(C)(c1ccc([N+](=O)[O-])cc1)C(C)(C)I. The summed E-state index contributed by atoms with van der Waals surface area (Å²) in [5.41, 5.74) is 1.33. The zero-order valence-electron chi connectivity index (χ0n) is 10.7. The molecule has 0 radical (unpaired) electrons. The molecule has 3 nitrogen and oxygen atoms in total. The molecule has 0 aliphatic carbocycles. The molecule has 0 fully saturated rings. The van der Waals surface area contributed by atoms with E-state index in [1.54, 1.807) is 12.1 Å². The lowest BCUT2D eigenvalue weighted by Crippen LogP contribution is -2.39. The van der Waals surface area contributed by atoms with Gasteiger partial charge < -0.3 is 0 Å². The van der Waals surface area contributed by atoms with E-state index in [2.05, 4.69) is 50.3 Å². The molecule has 17 heavy (non-hydrogen) atoms. The van der Waals surface area contributed by atoms with Gasteiger partial charge in [-0.1, -0.05) is 48.6 Å². The number of benzene rings is 1. The first kappa shape index (κ1) is 14.4. The Balaban J connectivity index is 3.19. The zero-order valence-corrected chi connectivity index (χ0v) is 12.8. The van der Waals surface area contributed by atoms with E-state index in [0.717, 1.165) is 12.0 Å². The smallest absolute Gasteiger partial charge is 0.258 e. The maximum absolute atomic E-state index is 10.6. The minimum Gasteiger partial charge on any atom is -0.258 e. The Kier molecular flexibility index (Phi) is 4.17. The minimum absolute atomic E-state index is 0.0166. The molecular weight excluding hydrogens is 329 g/mol. The average Bonchev–Trinajstić information content (AvgIpc) is 2.26. The van der Waals surface area contributed by atoms with Gasteiger partial charge in [0.2, 0.25) is 0 Å². The van der Waals surface area contributed by atoms with Gasteiger partial charge in [-0.2, -0.15) is 0 Å². The highest BCUT2D eigenvalue weighted by molar-refractivity contribution is 14.1. The van der Waals surface area contributed by atoms with Crippen LogP contribution in [0, 0.1) is 10.1 Å². The maximum Gasteiger partial charge on any atom is 0.269 e. The summed E-state index contributed by atoms with van der Waals surface area (Å²) >= 11 is 2.45. The Morgan fingerprint density at radius 2 is 1.71 bits per heavy atom. The van der Waals surface area contributed by atoms with Crippen LogP contribution in [-0.4, -0.2) is 8.35 Å². The summed E-state index contributed by atoms with van der Waals surface area (Å²) in [6, 6.07) is 6.93. The van der Waals surface area contributed by atoms with Gasteiger partial charge in [-0.3, -0.25) is 10.1 Å². The molecule has 1 aromatic rings. The summed E-state index contributed by atoms with van der Waals surface area (Å²) in [4.78, 5) is 10.3. The number of nitrogens with zero attached hydrogens (tertiary/aromatic N) is 1. The Morgan fingerprint density at radius 1 is 1.24 bits per heavy atom. The minimum atomic E-state index is -0.359. The fourth-order valence-electron chi connectivity index (χ4n) is 1.92. The van der Waals surface area contributed by atoms with E-state index in [9.17, 15) is 10.1 Å². The molecule has 0 aliphatic rings. The molecule has 0 N–H and O–H groups in total. The third-order valence-electron chi connectivity index (χ3n) is 3.73. The molecule has 1 atom stereocenters. The summed E-state index contributed by atoms with van der Waals surface area (Å²) in [5.74, 6) is 0. The van der Waals surface area contributed by atoms with E-state index in [1.165, 1.54) is 0 Å². The molecule has 0 aliphatic heterocycles. The topological polar surface area (TPSA) is 43.1 Å². The van der Waals surface area contributed by atoms with E-state index < -0.39 is 0 Å². The second-order valence-electron chi connectivity index (χ2n) is 4.96. The summed E-state index contributed by atoms with van der Waals surface area (Å²) < 4.78 is 0.0929. The lowest BCUT2D eigenvalue weighted by atomic mass is 9.71. The quantitative estimate of drug-likeness (QED) is 0.349. The first-order valence-electron chi connectivity index (χ1n) is 5.66. The molecule has 0 saturated carbocycles. The van der Waals surface area contributed by atoms with Crippen LogP contribution in [0.3, 0.4) is 0 Å². The monoisotopic (exact) mass is 347 g/mol. The third kappa shape index (κ3) is 2.78. The van der Waals surface area contributed by atoms with Crippen LogP contribution in [0.5, 0.6) is 0 Å². The Bertz CT molecular complexity index is 408. The number of hydrogen-bond donors (Lipinski definition) is 0. The van der Waals surface area contributed by atoms with E-state index >= 15 is 0 Å². The summed E-state index contributed by atoms with van der Waals surface area (Å²) in [6.07, 6.45) is 1.00.